The minimum absolute atomic E-state index is 0.0141. The number of carbonyl (C=O) groups excluding carboxylic acids is 1. The second-order valence-corrected chi connectivity index (χ2v) is 5.67. The molecule has 0 aliphatic carbocycles. The standard InChI is InChI=1S/C19H23NO2/c1-14-9-10-17(15(2)13-14)19(22)20(3)18(11-12-21)16-7-5-4-6-8-16/h4-10,13,18,21H,11-12H2,1-3H3. The molecule has 0 aliphatic heterocycles. The summed E-state index contributed by atoms with van der Waals surface area (Å²) in [6.07, 6.45) is 0.525. The average Bonchev–Trinajstić information content (AvgIpc) is 2.52. The van der Waals surface area contributed by atoms with Crippen molar-refractivity contribution in [3.63, 3.8) is 0 Å². The highest BCUT2D eigenvalue weighted by Crippen LogP contribution is 2.25. The van der Waals surface area contributed by atoms with Gasteiger partial charge >= 0.3 is 0 Å². The number of aryl methyl sites for hydroxylation is 2. The van der Waals surface area contributed by atoms with E-state index in [1.165, 1.54) is 0 Å². The minimum Gasteiger partial charge on any atom is -0.396 e. The van der Waals surface area contributed by atoms with Gasteiger partial charge in [-0.25, -0.2) is 0 Å². The third-order valence-corrected chi connectivity index (χ3v) is 3.99. The van der Waals surface area contributed by atoms with E-state index in [9.17, 15) is 9.90 Å². The summed E-state index contributed by atoms with van der Waals surface area (Å²) in [4.78, 5) is 14.5. The van der Waals surface area contributed by atoms with E-state index in [2.05, 4.69) is 0 Å². The Morgan fingerprint density at radius 1 is 1.14 bits per heavy atom. The predicted molar refractivity (Wildman–Crippen MR) is 88.9 cm³/mol. The number of amides is 1. The molecule has 1 amide bonds. The number of hydrogen-bond acceptors (Lipinski definition) is 2. The lowest BCUT2D eigenvalue weighted by atomic mass is 10.00. The maximum atomic E-state index is 12.8. The van der Waals surface area contributed by atoms with Gasteiger partial charge < -0.3 is 10.0 Å². The molecule has 2 aromatic rings. The van der Waals surface area contributed by atoms with Gasteiger partial charge in [0.15, 0.2) is 0 Å². The second kappa shape index (κ2) is 7.23. The Kier molecular flexibility index (Phi) is 5.34. The molecule has 0 aromatic heterocycles. The van der Waals surface area contributed by atoms with E-state index in [1.807, 2.05) is 62.4 Å². The smallest absolute Gasteiger partial charge is 0.254 e. The zero-order valence-electron chi connectivity index (χ0n) is 13.4. The summed E-state index contributed by atoms with van der Waals surface area (Å²) in [7, 11) is 1.80. The van der Waals surface area contributed by atoms with E-state index in [4.69, 9.17) is 0 Å². The van der Waals surface area contributed by atoms with Crippen molar-refractivity contribution >= 4 is 5.91 Å². The van der Waals surface area contributed by atoms with Gasteiger partial charge in [-0.05, 0) is 37.5 Å². The van der Waals surface area contributed by atoms with E-state index in [-0.39, 0.29) is 18.6 Å². The summed E-state index contributed by atoms with van der Waals surface area (Å²) in [5.41, 5.74) is 3.88. The zero-order valence-corrected chi connectivity index (χ0v) is 13.4. The Bertz CT molecular complexity index is 637. The van der Waals surface area contributed by atoms with Gasteiger partial charge in [-0.1, -0.05) is 48.0 Å². The molecule has 0 heterocycles. The van der Waals surface area contributed by atoms with Gasteiger partial charge in [-0.15, -0.1) is 0 Å². The Hall–Kier alpha value is -2.13. The van der Waals surface area contributed by atoms with Crippen molar-refractivity contribution in [1.29, 1.82) is 0 Å². The van der Waals surface area contributed by atoms with E-state index in [0.717, 1.165) is 16.7 Å². The molecule has 1 N–H and O–H groups in total. The van der Waals surface area contributed by atoms with E-state index < -0.39 is 0 Å². The van der Waals surface area contributed by atoms with Crippen molar-refractivity contribution < 1.29 is 9.90 Å². The van der Waals surface area contributed by atoms with Crippen LogP contribution in [0.1, 0.15) is 39.5 Å². The van der Waals surface area contributed by atoms with Crippen LogP contribution in [-0.4, -0.2) is 29.6 Å². The topological polar surface area (TPSA) is 40.5 Å². The highest BCUT2D eigenvalue weighted by atomic mass is 16.3. The van der Waals surface area contributed by atoms with Crippen LogP contribution in [0.5, 0.6) is 0 Å². The van der Waals surface area contributed by atoms with E-state index in [0.29, 0.717) is 12.0 Å². The van der Waals surface area contributed by atoms with Crippen molar-refractivity contribution in [3.05, 3.63) is 70.8 Å². The molecule has 0 spiro atoms. The number of hydrogen-bond donors (Lipinski definition) is 1. The molecule has 0 saturated carbocycles. The van der Waals surface area contributed by atoms with Crippen molar-refractivity contribution in [2.24, 2.45) is 0 Å². The van der Waals surface area contributed by atoms with Gasteiger partial charge in [0.1, 0.15) is 0 Å². The van der Waals surface area contributed by atoms with Crippen LogP contribution in [-0.2, 0) is 0 Å². The first-order valence-corrected chi connectivity index (χ1v) is 7.55. The molecular weight excluding hydrogens is 274 g/mol. The van der Waals surface area contributed by atoms with E-state index >= 15 is 0 Å². The monoisotopic (exact) mass is 297 g/mol. The molecule has 2 aromatic carbocycles. The van der Waals surface area contributed by atoms with Crippen molar-refractivity contribution in [2.45, 2.75) is 26.3 Å². The van der Waals surface area contributed by atoms with Crippen LogP contribution in [0.15, 0.2) is 48.5 Å². The first kappa shape index (κ1) is 16.2. The summed E-state index contributed by atoms with van der Waals surface area (Å²) in [6.45, 7) is 4.02. The van der Waals surface area contributed by atoms with Gasteiger partial charge in [0.05, 0.1) is 6.04 Å². The fraction of sp³-hybridized carbons (Fsp3) is 0.316. The number of aliphatic hydroxyl groups is 1. The summed E-state index contributed by atoms with van der Waals surface area (Å²) in [5, 5.41) is 9.35. The first-order valence-electron chi connectivity index (χ1n) is 7.55. The van der Waals surface area contributed by atoms with Gasteiger partial charge in [0.25, 0.3) is 5.91 Å². The SMILES string of the molecule is Cc1ccc(C(=O)N(C)C(CCO)c2ccccc2)c(C)c1. The maximum absolute atomic E-state index is 12.8. The zero-order chi connectivity index (χ0) is 16.1. The number of aliphatic hydroxyl groups excluding tert-OH is 1. The molecule has 0 radical (unpaired) electrons. The number of carbonyl (C=O) groups is 1. The quantitative estimate of drug-likeness (QED) is 0.917. The van der Waals surface area contributed by atoms with Crippen LogP contribution in [0.4, 0.5) is 0 Å². The Morgan fingerprint density at radius 3 is 2.41 bits per heavy atom. The molecule has 1 unspecified atom stereocenters. The van der Waals surface area contributed by atoms with Crippen LogP contribution in [0.2, 0.25) is 0 Å². The molecule has 3 heteroatoms. The van der Waals surface area contributed by atoms with Crippen LogP contribution in [0.3, 0.4) is 0 Å². The summed E-state index contributed by atoms with van der Waals surface area (Å²) in [5.74, 6) is -0.0141. The number of nitrogens with zero attached hydrogens (tertiary/aromatic N) is 1. The molecule has 3 nitrogen and oxygen atoms in total. The first-order chi connectivity index (χ1) is 10.5. The number of rotatable bonds is 5. The van der Waals surface area contributed by atoms with Crippen LogP contribution in [0, 0.1) is 13.8 Å². The fourth-order valence-corrected chi connectivity index (χ4v) is 2.77. The lowest BCUT2D eigenvalue weighted by molar-refractivity contribution is 0.0704. The molecule has 0 aliphatic rings. The Balaban J connectivity index is 2.30. The highest BCUT2D eigenvalue weighted by Gasteiger charge is 2.23. The lowest BCUT2D eigenvalue weighted by Gasteiger charge is -2.29. The summed E-state index contributed by atoms with van der Waals surface area (Å²) in [6, 6.07) is 15.6. The highest BCUT2D eigenvalue weighted by molar-refractivity contribution is 5.95. The Morgan fingerprint density at radius 2 is 1.82 bits per heavy atom. The largest absolute Gasteiger partial charge is 0.396 e. The molecule has 1 atom stereocenters. The van der Waals surface area contributed by atoms with Gasteiger partial charge in [-0.3, -0.25) is 4.79 Å². The lowest BCUT2D eigenvalue weighted by Crippen LogP contribution is -2.32. The van der Waals surface area contributed by atoms with Gasteiger partial charge in [0.2, 0.25) is 0 Å². The minimum atomic E-state index is -0.126. The summed E-state index contributed by atoms with van der Waals surface area (Å²) < 4.78 is 0. The third-order valence-electron chi connectivity index (χ3n) is 3.99. The van der Waals surface area contributed by atoms with Crippen LogP contribution < -0.4 is 0 Å². The average molecular weight is 297 g/mol. The molecule has 0 bridgehead atoms. The predicted octanol–water partition coefficient (Wildman–Crippen LogP) is 3.50. The van der Waals surface area contributed by atoms with Crippen molar-refractivity contribution in [1.82, 2.24) is 4.90 Å². The molecule has 0 fully saturated rings. The van der Waals surface area contributed by atoms with Crippen molar-refractivity contribution in [2.75, 3.05) is 13.7 Å². The van der Waals surface area contributed by atoms with E-state index in [1.54, 1.807) is 11.9 Å². The molecule has 116 valence electrons. The maximum Gasteiger partial charge on any atom is 0.254 e. The molecule has 22 heavy (non-hydrogen) atoms. The normalized spacial score (nSPS) is 12.0. The van der Waals surface area contributed by atoms with Gasteiger partial charge in [0, 0.05) is 19.2 Å². The number of benzene rings is 2. The molecule has 2 rings (SSSR count). The summed E-state index contributed by atoms with van der Waals surface area (Å²) >= 11 is 0. The van der Waals surface area contributed by atoms with Crippen molar-refractivity contribution in [3.8, 4) is 0 Å². The molecule has 0 saturated heterocycles. The fourth-order valence-electron chi connectivity index (χ4n) is 2.77. The van der Waals surface area contributed by atoms with Crippen LogP contribution >= 0.6 is 0 Å². The molecular formula is C19H23NO2. The van der Waals surface area contributed by atoms with Crippen LogP contribution in [0.25, 0.3) is 0 Å². The third kappa shape index (κ3) is 3.55. The van der Waals surface area contributed by atoms with Gasteiger partial charge in [-0.2, -0.15) is 0 Å². The second-order valence-electron chi connectivity index (χ2n) is 5.67. The Labute approximate surface area is 132 Å².